The number of carbonyl (C=O) groups excluding carboxylic acids is 1. The van der Waals surface area contributed by atoms with Gasteiger partial charge >= 0.3 is 0 Å². The Labute approximate surface area is 174 Å². The van der Waals surface area contributed by atoms with Gasteiger partial charge in [0.1, 0.15) is 12.2 Å². The van der Waals surface area contributed by atoms with Gasteiger partial charge in [0.25, 0.3) is 5.91 Å². The third-order valence-corrected chi connectivity index (χ3v) is 5.16. The maximum absolute atomic E-state index is 12.8. The zero-order chi connectivity index (χ0) is 21.1. The summed E-state index contributed by atoms with van der Waals surface area (Å²) < 4.78 is 13.8. The van der Waals surface area contributed by atoms with Gasteiger partial charge in [-0.2, -0.15) is 0 Å². The minimum atomic E-state index is -0.394. The molecule has 0 saturated carbocycles. The van der Waals surface area contributed by atoms with Crippen LogP contribution in [0.15, 0.2) is 59.7 Å². The van der Waals surface area contributed by atoms with Crippen molar-refractivity contribution in [3.8, 4) is 11.5 Å². The SMILES string of the molecule is Cc1cc(=O)c(C(=O)NCc2ccncc2)c(C)n1C[C@H]1COc2ccccc2O1. The number of fused-ring (bicyclic) bond motifs is 1. The molecule has 0 aliphatic carbocycles. The Morgan fingerprint density at radius 2 is 1.90 bits per heavy atom. The van der Waals surface area contributed by atoms with Gasteiger partial charge in [0.05, 0.1) is 6.54 Å². The van der Waals surface area contributed by atoms with E-state index in [1.54, 1.807) is 19.3 Å². The lowest BCUT2D eigenvalue weighted by Gasteiger charge is -2.28. The number of para-hydroxylation sites is 2. The summed E-state index contributed by atoms with van der Waals surface area (Å²) in [5, 5.41) is 2.82. The number of aryl methyl sites for hydroxylation is 1. The first kappa shape index (κ1) is 19.7. The average molecular weight is 405 g/mol. The molecule has 0 fully saturated rings. The Kier molecular flexibility index (Phi) is 5.52. The van der Waals surface area contributed by atoms with Crippen molar-refractivity contribution in [3.05, 3.63) is 87.6 Å². The van der Waals surface area contributed by atoms with E-state index < -0.39 is 5.91 Å². The van der Waals surface area contributed by atoms with Gasteiger partial charge in [-0.15, -0.1) is 0 Å². The van der Waals surface area contributed by atoms with E-state index in [9.17, 15) is 9.59 Å². The molecule has 2 aromatic heterocycles. The second-order valence-electron chi connectivity index (χ2n) is 7.26. The number of nitrogens with zero attached hydrogens (tertiary/aromatic N) is 2. The molecule has 0 saturated heterocycles. The van der Waals surface area contributed by atoms with Crippen LogP contribution in [0, 0.1) is 13.8 Å². The summed E-state index contributed by atoms with van der Waals surface area (Å²) in [6.45, 7) is 4.82. The zero-order valence-electron chi connectivity index (χ0n) is 16.9. The van der Waals surface area contributed by atoms with E-state index in [1.807, 2.05) is 47.9 Å². The van der Waals surface area contributed by atoms with Crippen LogP contribution in [0.2, 0.25) is 0 Å². The van der Waals surface area contributed by atoms with Crippen LogP contribution in [0.5, 0.6) is 11.5 Å². The van der Waals surface area contributed by atoms with E-state index in [-0.39, 0.29) is 17.1 Å². The van der Waals surface area contributed by atoms with E-state index >= 15 is 0 Å². The normalized spacial score (nSPS) is 14.9. The monoisotopic (exact) mass is 405 g/mol. The fourth-order valence-corrected chi connectivity index (χ4v) is 3.60. The van der Waals surface area contributed by atoms with Crippen molar-refractivity contribution >= 4 is 5.91 Å². The molecule has 1 atom stereocenters. The van der Waals surface area contributed by atoms with Crippen LogP contribution in [0.3, 0.4) is 0 Å². The van der Waals surface area contributed by atoms with Gasteiger partial charge in [-0.05, 0) is 43.7 Å². The number of rotatable bonds is 5. The molecule has 3 aromatic rings. The number of nitrogens with one attached hydrogen (secondary N) is 1. The van der Waals surface area contributed by atoms with Crippen molar-refractivity contribution < 1.29 is 14.3 Å². The van der Waals surface area contributed by atoms with E-state index in [0.717, 1.165) is 17.0 Å². The summed E-state index contributed by atoms with van der Waals surface area (Å²) >= 11 is 0. The van der Waals surface area contributed by atoms with Crippen LogP contribution in [0.1, 0.15) is 27.3 Å². The molecule has 154 valence electrons. The first-order valence-corrected chi connectivity index (χ1v) is 9.79. The highest BCUT2D eigenvalue weighted by Crippen LogP contribution is 2.31. The van der Waals surface area contributed by atoms with Crippen LogP contribution in [0.25, 0.3) is 0 Å². The van der Waals surface area contributed by atoms with Crippen molar-refractivity contribution in [2.45, 2.75) is 33.0 Å². The molecule has 4 rings (SSSR count). The summed E-state index contributed by atoms with van der Waals surface area (Å²) in [6.07, 6.45) is 3.10. The van der Waals surface area contributed by atoms with Gasteiger partial charge in [0.15, 0.2) is 23.0 Å². The van der Waals surface area contributed by atoms with Gasteiger partial charge < -0.3 is 19.4 Å². The average Bonchev–Trinajstić information content (AvgIpc) is 2.75. The smallest absolute Gasteiger partial charge is 0.257 e. The standard InChI is InChI=1S/C23H23N3O4/c1-15-11-19(27)22(23(28)25-12-17-7-9-24-10-8-17)16(2)26(15)13-18-14-29-20-5-3-4-6-21(20)30-18/h3-11,18H,12-14H2,1-2H3,(H,25,28)/t18-/m0/s1. The minimum absolute atomic E-state index is 0.145. The largest absolute Gasteiger partial charge is 0.486 e. The molecule has 1 aliphatic heterocycles. The molecule has 0 bridgehead atoms. The Morgan fingerprint density at radius 3 is 2.67 bits per heavy atom. The van der Waals surface area contributed by atoms with Crippen molar-refractivity contribution in [3.63, 3.8) is 0 Å². The lowest BCUT2D eigenvalue weighted by Crippen LogP contribution is -2.36. The molecule has 30 heavy (non-hydrogen) atoms. The van der Waals surface area contributed by atoms with E-state index in [4.69, 9.17) is 9.47 Å². The van der Waals surface area contributed by atoms with Crippen molar-refractivity contribution in [2.24, 2.45) is 0 Å². The highest BCUT2D eigenvalue weighted by atomic mass is 16.6. The van der Waals surface area contributed by atoms with E-state index in [2.05, 4.69) is 10.3 Å². The Bertz CT molecular complexity index is 1130. The lowest BCUT2D eigenvalue weighted by molar-refractivity contribution is 0.0773. The van der Waals surface area contributed by atoms with Gasteiger partial charge in [-0.3, -0.25) is 14.6 Å². The van der Waals surface area contributed by atoms with Gasteiger partial charge in [0.2, 0.25) is 0 Å². The predicted octanol–water partition coefficient (Wildman–Crippen LogP) is 2.63. The lowest BCUT2D eigenvalue weighted by atomic mass is 10.1. The summed E-state index contributed by atoms with van der Waals surface area (Å²) in [4.78, 5) is 29.3. The predicted molar refractivity (Wildman–Crippen MR) is 112 cm³/mol. The molecular weight excluding hydrogens is 382 g/mol. The third kappa shape index (κ3) is 4.05. The van der Waals surface area contributed by atoms with Gasteiger partial charge in [-0.1, -0.05) is 12.1 Å². The van der Waals surface area contributed by atoms with Crippen LogP contribution in [-0.2, 0) is 13.1 Å². The van der Waals surface area contributed by atoms with Crippen molar-refractivity contribution in [1.29, 1.82) is 0 Å². The Hall–Kier alpha value is -3.61. The highest BCUT2D eigenvalue weighted by Gasteiger charge is 2.24. The number of pyridine rings is 2. The maximum atomic E-state index is 12.8. The molecule has 0 unspecified atom stereocenters. The fraction of sp³-hybridized carbons (Fsp3) is 0.261. The Balaban J connectivity index is 1.54. The first-order chi connectivity index (χ1) is 14.5. The summed E-state index contributed by atoms with van der Waals surface area (Å²) in [7, 11) is 0. The molecule has 7 heteroatoms. The molecule has 3 heterocycles. The summed E-state index contributed by atoms with van der Waals surface area (Å²) in [5.41, 5.74) is 2.14. The number of benzene rings is 1. The molecular formula is C23H23N3O4. The molecule has 1 aliphatic rings. The second-order valence-corrected chi connectivity index (χ2v) is 7.26. The summed E-state index contributed by atoms with van der Waals surface area (Å²) in [5.74, 6) is 1.02. The molecule has 0 radical (unpaired) electrons. The minimum Gasteiger partial charge on any atom is -0.486 e. The van der Waals surface area contributed by atoms with Crippen LogP contribution in [-0.4, -0.2) is 28.2 Å². The number of aromatic nitrogens is 2. The number of amides is 1. The Morgan fingerprint density at radius 1 is 1.17 bits per heavy atom. The quantitative estimate of drug-likeness (QED) is 0.706. The maximum Gasteiger partial charge on any atom is 0.257 e. The van der Waals surface area contributed by atoms with Crippen LogP contribution in [0.4, 0.5) is 0 Å². The first-order valence-electron chi connectivity index (χ1n) is 9.79. The number of hydrogen-bond acceptors (Lipinski definition) is 5. The molecule has 0 spiro atoms. The van der Waals surface area contributed by atoms with Crippen molar-refractivity contribution in [1.82, 2.24) is 14.9 Å². The molecule has 1 amide bonds. The van der Waals surface area contributed by atoms with E-state index in [1.165, 1.54) is 6.07 Å². The number of hydrogen-bond donors (Lipinski definition) is 1. The highest BCUT2D eigenvalue weighted by molar-refractivity contribution is 5.95. The zero-order valence-corrected chi connectivity index (χ0v) is 16.9. The van der Waals surface area contributed by atoms with Crippen LogP contribution >= 0.6 is 0 Å². The molecule has 1 N–H and O–H groups in total. The fourth-order valence-electron chi connectivity index (χ4n) is 3.60. The van der Waals surface area contributed by atoms with Crippen LogP contribution < -0.4 is 20.2 Å². The van der Waals surface area contributed by atoms with E-state index in [0.29, 0.717) is 31.1 Å². The second kappa shape index (κ2) is 8.41. The van der Waals surface area contributed by atoms with Gasteiger partial charge in [-0.25, -0.2) is 0 Å². The van der Waals surface area contributed by atoms with Crippen molar-refractivity contribution in [2.75, 3.05) is 6.61 Å². The summed E-state index contributed by atoms with van der Waals surface area (Å²) in [6, 6.07) is 12.7. The number of carbonyl (C=O) groups is 1. The molecule has 7 nitrogen and oxygen atoms in total. The van der Waals surface area contributed by atoms with Gasteiger partial charge in [0, 0.05) is 36.4 Å². The number of ether oxygens (including phenoxy) is 2. The topological polar surface area (TPSA) is 82.5 Å². The molecule has 1 aromatic carbocycles. The third-order valence-electron chi connectivity index (χ3n) is 5.16.